The maximum Gasteiger partial charge on any atom is 0.213 e. The first-order valence-electron chi connectivity index (χ1n) is 5.74. The van der Waals surface area contributed by atoms with Crippen LogP contribution in [0.5, 0.6) is 0 Å². The molecule has 2 atom stereocenters. The minimum Gasteiger partial charge on any atom is -0.378 e. The lowest BCUT2D eigenvalue weighted by atomic mass is 9.64. The Bertz CT molecular complexity index is 324. The second-order valence-corrected chi connectivity index (χ2v) is 4.78. The van der Waals surface area contributed by atoms with Crippen molar-refractivity contribution in [1.29, 1.82) is 0 Å². The lowest BCUT2D eigenvalue weighted by molar-refractivity contribution is -0.114. The zero-order valence-corrected chi connectivity index (χ0v) is 10.1. The largest absolute Gasteiger partial charge is 0.378 e. The Balaban J connectivity index is 1.80. The molecule has 16 heavy (non-hydrogen) atoms. The summed E-state index contributed by atoms with van der Waals surface area (Å²) in [4.78, 5) is 3.98. The predicted octanol–water partition coefficient (Wildman–Crippen LogP) is 1.36. The Kier molecular flexibility index (Phi) is 3.25. The number of hydrogen-bond donors (Lipinski definition) is 1. The van der Waals surface area contributed by atoms with Crippen LogP contribution in [0.15, 0.2) is 10.9 Å². The average Bonchev–Trinajstić information content (AvgIpc) is 2.75. The average molecular weight is 225 g/mol. The summed E-state index contributed by atoms with van der Waals surface area (Å²) < 4.78 is 10.4. The maximum absolute atomic E-state index is 5.67. The van der Waals surface area contributed by atoms with Gasteiger partial charge in [-0.2, -0.15) is 4.98 Å². The SMILES string of the molecule is CCOC1CC(NCc2ncon2)C1(C)C. The van der Waals surface area contributed by atoms with Gasteiger partial charge in [-0.3, -0.25) is 0 Å². The fraction of sp³-hybridized carbons (Fsp3) is 0.818. The summed E-state index contributed by atoms with van der Waals surface area (Å²) in [5.41, 5.74) is 0.180. The van der Waals surface area contributed by atoms with E-state index in [0.717, 1.165) is 13.0 Å². The lowest BCUT2D eigenvalue weighted by Crippen LogP contribution is -2.60. The standard InChI is InChI=1S/C11H19N3O2/c1-4-15-9-5-8(11(9,2)3)12-6-10-13-7-16-14-10/h7-9,12H,4-6H2,1-3H3. The van der Waals surface area contributed by atoms with Gasteiger partial charge in [-0.05, 0) is 13.3 Å². The van der Waals surface area contributed by atoms with Crippen LogP contribution in [0.3, 0.4) is 0 Å². The highest BCUT2D eigenvalue weighted by Gasteiger charge is 2.48. The zero-order chi connectivity index (χ0) is 11.6. The van der Waals surface area contributed by atoms with Crippen LogP contribution in [-0.2, 0) is 11.3 Å². The van der Waals surface area contributed by atoms with Crippen molar-refractivity contribution in [2.75, 3.05) is 6.61 Å². The van der Waals surface area contributed by atoms with Gasteiger partial charge < -0.3 is 14.6 Å². The third-order valence-electron chi connectivity index (χ3n) is 3.46. The van der Waals surface area contributed by atoms with Gasteiger partial charge in [0, 0.05) is 18.1 Å². The van der Waals surface area contributed by atoms with E-state index in [9.17, 15) is 0 Å². The van der Waals surface area contributed by atoms with Crippen molar-refractivity contribution in [1.82, 2.24) is 15.5 Å². The van der Waals surface area contributed by atoms with E-state index >= 15 is 0 Å². The van der Waals surface area contributed by atoms with E-state index in [-0.39, 0.29) is 5.41 Å². The van der Waals surface area contributed by atoms with Gasteiger partial charge >= 0.3 is 0 Å². The van der Waals surface area contributed by atoms with E-state index in [4.69, 9.17) is 4.74 Å². The first kappa shape index (κ1) is 11.5. The lowest BCUT2D eigenvalue weighted by Gasteiger charge is -2.51. The molecule has 2 rings (SSSR count). The summed E-state index contributed by atoms with van der Waals surface area (Å²) in [6, 6.07) is 0.461. The molecule has 1 saturated carbocycles. The Morgan fingerprint density at radius 3 is 3.00 bits per heavy atom. The monoisotopic (exact) mass is 225 g/mol. The van der Waals surface area contributed by atoms with Crippen molar-refractivity contribution in [3.8, 4) is 0 Å². The second kappa shape index (κ2) is 4.51. The zero-order valence-electron chi connectivity index (χ0n) is 10.1. The van der Waals surface area contributed by atoms with E-state index in [1.54, 1.807) is 0 Å². The highest BCUT2D eigenvalue weighted by atomic mass is 16.5. The minimum atomic E-state index is 0.180. The molecule has 1 heterocycles. The Labute approximate surface area is 95.6 Å². The molecule has 5 heteroatoms. The molecule has 1 aliphatic carbocycles. The van der Waals surface area contributed by atoms with Crippen molar-refractivity contribution < 1.29 is 9.26 Å². The third kappa shape index (κ3) is 2.10. The van der Waals surface area contributed by atoms with E-state index in [0.29, 0.717) is 24.5 Å². The van der Waals surface area contributed by atoms with Gasteiger partial charge in [0.1, 0.15) is 0 Å². The fourth-order valence-electron chi connectivity index (χ4n) is 2.20. The molecule has 1 aromatic heterocycles. The van der Waals surface area contributed by atoms with Crippen LogP contribution in [0.4, 0.5) is 0 Å². The fourth-order valence-corrected chi connectivity index (χ4v) is 2.20. The van der Waals surface area contributed by atoms with Crippen molar-refractivity contribution in [2.24, 2.45) is 5.41 Å². The third-order valence-corrected chi connectivity index (χ3v) is 3.46. The van der Waals surface area contributed by atoms with Gasteiger partial charge in [0.15, 0.2) is 5.82 Å². The molecule has 2 unspecified atom stereocenters. The number of rotatable bonds is 5. The van der Waals surface area contributed by atoms with E-state index in [1.807, 2.05) is 6.92 Å². The summed E-state index contributed by atoms with van der Waals surface area (Å²) in [7, 11) is 0. The van der Waals surface area contributed by atoms with Gasteiger partial charge in [-0.1, -0.05) is 19.0 Å². The highest BCUT2D eigenvalue weighted by Crippen LogP contribution is 2.42. The van der Waals surface area contributed by atoms with Gasteiger partial charge in [0.25, 0.3) is 0 Å². The molecule has 1 fully saturated rings. The van der Waals surface area contributed by atoms with Crippen LogP contribution in [0.1, 0.15) is 33.0 Å². The van der Waals surface area contributed by atoms with Crippen LogP contribution >= 0.6 is 0 Å². The van der Waals surface area contributed by atoms with Crippen molar-refractivity contribution >= 4 is 0 Å². The van der Waals surface area contributed by atoms with Crippen LogP contribution < -0.4 is 5.32 Å². The smallest absolute Gasteiger partial charge is 0.213 e. The summed E-state index contributed by atoms with van der Waals surface area (Å²) in [6.45, 7) is 7.93. The summed E-state index contributed by atoms with van der Waals surface area (Å²) in [6.07, 6.45) is 2.77. The van der Waals surface area contributed by atoms with Gasteiger partial charge in [0.05, 0.1) is 12.6 Å². The number of ether oxygens (including phenoxy) is 1. The molecule has 5 nitrogen and oxygen atoms in total. The van der Waals surface area contributed by atoms with Crippen molar-refractivity contribution in [3.63, 3.8) is 0 Å². The molecule has 90 valence electrons. The van der Waals surface area contributed by atoms with Crippen LogP contribution in [-0.4, -0.2) is 28.9 Å². The summed E-state index contributed by atoms with van der Waals surface area (Å²) in [5, 5.41) is 7.20. The number of nitrogens with one attached hydrogen (secondary N) is 1. The topological polar surface area (TPSA) is 60.2 Å². The normalized spacial score (nSPS) is 27.7. The first-order chi connectivity index (χ1) is 7.64. The number of aromatic nitrogens is 2. The molecule has 0 radical (unpaired) electrons. The Morgan fingerprint density at radius 2 is 2.44 bits per heavy atom. The van der Waals surface area contributed by atoms with E-state index < -0.39 is 0 Å². The summed E-state index contributed by atoms with van der Waals surface area (Å²) >= 11 is 0. The van der Waals surface area contributed by atoms with Gasteiger partial charge in [0.2, 0.25) is 6.39 Å². The van der Waals surface area contributed by atoms with Gasteiger partial charge in [-0.25, -0.2) is 0 Å². The summed E-state index contributed by atoms with van der Waals surface area (Å²) in [5.74, 6) is 0.704. The number of nitrogens with zero attached hydrogens (tertiary/aromatic N) is 2. The molecule has 0 saturated heterocycles. The molecule has 0 bridgehead atoms. The van der Waals surface area contributed by atoms with Crippen LogP contribution in [0, 0.1) is 5.41 Å². The second-order valence-electron chi connectivity index (χ2n) is 4.78. The molecule has 0 aromatic carbocycles. The maximum atomic E-state index is 5.67. The van der Waals surface area contributed by atoms with Crippen LogP contribution in [0.2, 0.25) is 0 Å². The van der Waals surface area contributed by atoms with Gasteiger partial charge in [-0.15, -0.1) is 0 Å². The van der Waals surface area contributed by atoms with Crippen molar-refractivity contribution in [3.05, 3.63) is 12.2 Å². The Hall–Kier alpha value is -0.940. The predicted molar refractivity (Wildman–Crippen MR) is 58.7 cm³/mol. The molecule has 0 aliphatic heterocycles. The van der Waals surface area contributed by atoms with Crippen LogP contribution in [0.25, 0.3) is 0 Å². The number of hydrogen-bond acceptors (Lipinski definition) is 5. The molecular formula is C11H19N3O2. The Morgan fingerprint density at radius 1 is 1.62 bits per heavy atom. The molecule has 1 N–H and O–H groups in total. The molecule has 0 spiro atoms. The molecular weight excluding hydrogens is 206 g/mol. The van der Waals surface area contributed by atoms with Crippen molar-refractivity contribution in [2.45, 2.75) is 45.9 Å². The first-order valence-corrected chi connectivity index (χ1v) is 5.74. The minimum absolute atomic E-state index is 0.180. The van der Waals surface area contributed by atoms with E-state index in [2.05, 4.69) is 33.8 Å². The highest BCUT2D eigenvalue weighted by molar-refractivity contribution is 5.03. The quantitative estimate of drug-likeness (QED) is 0.820. The van der Waals surface area contributed by atoms with E-state index in [1.165, 1.54) is 6.39 Å². The molecule has 1 aromatic rings. The molecule has 0 amide bonds. The molecule has 1 aliphatic rings.